The Morgan fingerprint density at radius 3 is 2.35 bits per heavy atom. The van der Waals surface area contributed by atoms with Crippen molar-refractivity contribution in [2.24, 2.45) is 0 Å². The normalized spacial score (nSPS) is 10.0. The molecule has 0 saturated heterocycles. The lowest BCUT2D eigenvalue weighted by molar-refractivity contribution is -0.123. The van der Waals surface area contributed by atoms with Crippen molar-refractivity contribution in [3.05, 3.63) is 52.0 Å². The topological polar surface area (TPSA) is 85.9 Å². The highest BCUT2D eigenvalue weighted by atomic mass is 35.5. The Hall–Kier alpha value is -2.64. The highest BCUT2D eigenvalue weighted by Gasteiger charge is 2.12. The highest BCUT2D eigenvalue weighted by Crippen LogP contribution is 2.28. The summed E-state index contributed by atoms with van der Waals surface area (Å²) in [4.78, 5) is 23.9. The van der Waals surface area contributed by atoms with E-state index in [4.69, 9.17) is 37.4 Å². The molecule has 2 aromatic rings. The van der Waals surface area contributed by atoms with Crippen molar-refractivity contribution in [3.8, 4) is 17.2 Å². The molecule has 0 fully saturated rings. The van der Waals surface area contributed by atoms with E-state index in [9.17, 15) is 9.59 Å². The molecule has 0 atom stereocenters. The van der Waals surface area contributed by atoms with Gasteiger partial charge in [-0.15, -0.1) is 0 Å². The standard InChI is InChI=1S/C17H16Cl2N2O5/c1-24-13-6-3-10(7-15(13)25-2)17(23)21-20-16(22)9-26-14-8-11(18)4-5-12(14)19/h3-8H,9H2,1-2H3,(H,20,22)(H,21,23). The van der Waals surface area contributed by atoms with Gasteiger partial charge >= 0.3 is 0 Å². The van der Waals surface area contributed by atoms with Crippen LogP contribution in [-0.4, -0.2) is 32.6 Å². The summed E-state index contributed by atoms with van der Waals surface area (Å²) < 4.78 is 15.5. The molecule has 0 aliphatic carbocycles. The van der Waals surface area contributed by atoms with Crippen molar-refractivity contribution >= 4 is 35.0 Å². The number of carbonyl (C=O) groups excluding carboxylic acids is 2. The summed E-state index contributed by atoms with van der Waals surface area (Å²) in [5, 5.41) is 0.739. The van der Waals surface area contributed by atoms with Gasteiger partial charge in [0, 0.05) is 16.7 Å². The number of hydrazine groups is 1. The second-order valence-corrected chi connectivity index (χ2v) is 5.78. The first-order chi connectivity index (χ1) is 12.4. The summed E-state index contributed by atoms with van der Waals surface area (Å²) in [7, 11) is 2.95. The minimum Gasteiger partial charge on any atom is -0.493 e. The number of rotatable bonds is 6. The van der Waals surface area contributed by atoms with E-state index in [1.165, 1.54) is 32.4 Å². The van der Waals surface area contributed by atoms with Gasteiger partial charge in [0.2, 0.25) is 0 Å². The summed E-state index contributed by atoms with van der Waals surface area (Å²) in [6, 6.07) is 9.24. The first-order valence-electron chi connectivity index (χ1n) is 7.33. The summed E-state index contributed by atoms with van der Waals surface area (Å²) in [5.74, 6) is 0.0424. The summed E-state index contributed by atoms with van der Waals surface area (Å²) in [5.41, 5.74) is 4.79. The first kappa shape index (κ1) is 19.7. The van der Waals surface area contributed by atoms with Gasteiger partial charge in [-0.2, -0.15) is 0 Å². The van der Waals surface area contributed by atoms with E-state index in [-0.39, 0.29) is 17.9 Å². The number of methoxy groups -OCH3 is 2. The van der Waals surface area contributed by atoms with Crippen LogP contribution in [0.3, 0.4) is 0 Å². The Kier molecular flexibility index (Phi) is 6.94. The molecule has 2 N–H and O–H groups in total. The van der Waals surface area contributed by atoms with Gasteiger partial charge in [-0.1, -0.05) is 23.2 Å². The SMILES string of the molecule is COc1ccc(C(=O)NNC(=O)COc2cc(Cl)ccc2Cl)cc1OC. The van der Waals surface area contributed by atoms with Crippen molar-refractivity contribution in [3.63, 3.8) is 0 Å². The largest absolute Gasteiger partial charge is 0.493 e. The van der Waals surface area contributed by atoms with E-state index < -0.39 is 11.8 Å². The Morgan fingerprint density at radius 2 is 1.65 bits per heavy atom. The molecule has 138 valence electrons. The molecule has 0 radical (unpaired) electrons. The molecule has 0 saturated carbocycles. The van der Waals surface area contributed by atoms with Crippen LogP contribution in [0.4, 0.5) is 0 Å². The van der Waals surface area contributed by atoms with Crippen LogP contribution in [0.1, 0.15) is 10.4 Å². The lowest BCUT2D eigenvalue weighted by Crippen LogP contribution is -2.43. The van der Waals surface area contributed by atoms with Gasteiger partial charge in [0.15, 0.2) is 18.1 Å². The molecule has 0 bridgehead atoms. The Bertz CT molecular complexity index is 814. The van der Waals surface area contributed by atoms with Crippen molar-refractivity contribution in [2.75, 3.05) is 20.8 Å². The Balaban J connectivity index is 1.88. The summed E-state index contributed by atoms with van der Waals surface area (Å²) in [6.07, 6.45) is 0. The van der Waals surface area contributed by atoms with Crippen LogP contribution in [0.25, 0.3) is 0 Å². The predicted molar refractivity (Wildman–Crippen MR) is 97.1 cm³/mol. The van der Waals surface area contributed by atoms with Crippen LogP contribution >= 0.6 is 23.2 Å². The molecule has 0 unspecified atom stereocenters. The van der Waals surface area contributed by atoms with Gasteiger partial charge in [0.25, 0.3) is 11.8 Å². The van der Waals surface area contributed by atoms with Crippen LogP contribution in [0.5, 0.6) is 17.2 Å². The number of halogens is 2. The summed E-state index contributed by atoms with van der Waals surface area (Å²) >= 11 is 11.8. The van der Waals surface area contributed by atoms with E-state index in [1.54, 1.807) is 18.2 Å². The number of benzene rings is 2. The smallest absolute Gasteiger partial charge is 0.276 e. The first-order valence-corrected chi connectivity index (χ1v) is 8.09. The maximum absolute atomic E-state index is 12.1. The number of hydrogen-bond donors (Lipinski definition) is 2. The van der Waals surface area contributed by atoms with Crippen molar-refractivity contribution in [1.29, 1.82) is 0 Å². The zero-order chi connectivity index (χ0) is 19.1. The second kappa shape index (κ2) is 9.17. The van der Waals surface area contributed by atoms with Crippen LogP contribution < -0.4 is 25.1 Å². The van der Waals surface area contributed by atoms with Crippen LogP contribution in [0.15, 0.2) is 36.4 Å². The molecular weight excluding hydrogens is 383 g/mol. The van der Waals surface area contributed by atoms with Crippen molar-refractivity contribution in [2.45, 2.75) is 0 Å². The molecule has 0 aliphatic heterocycles. The lowest BCUT2D eigenvalue weighted by Gasteiger charge is -2.11. The molecule has 0 aromatic heterocycles. The fourth-order valence-electron chi connectivity index (χ4n) is 1.94. The summed E-state index contributed by atoms with van der Waals surface area (Å²) in [6.45, 7) is -0.355. The number of amides is 2. The van der Waals surface area contributed by atoms with Crippen LogP contribution in [-0.2, 0) is 4.79 Å². The van der Waals surface area contributed by atoms with Crippen LogP contribution in [0, 0.1) is 0 Å². The zero-order valence-electron chi connectivity index (χ0n) is 14.0. The van der Waals surface area contributed by atoms with Gasteiger partial charge < -0.3 is 14.2 Å². The Labute approximate surface area is 160 Å². The van der Waals surface area contributed by atoms with Gasteiger partial charge in [-0.3, -0.25) is 20.4 Å². The number of hydrogen-bond acceptors (Lipinski definition) is 5. The molecule has 26 heavy (non-hydrogen) atoms. The van der Waals surface area contributed by atoms with Crippen molar-refractivity contribution in [1.82, 2.24) is 10.9 Å². The van der Waals surface area contributed by atoms with Crippen LogP contribution in [0.2, 0.25) is 10.0 Å². The maximum atomic E-state index is 12.1. The number of carbonyl (C=O) groups is 2. The van der Waals surface area contributed by atoms with Crippen molar-refractivity contribution < 1.29 is 23.8 Å². The minimum atomic E-state index is -0.574. The number of nitrogens with one attached hydrogen (secondary N) is 2. The second-order valence-electron chi connectivity index (χ2n) is 4.94. The van der Waals surface area contributed by atoms with E-state index >= 15 is 0 Å². The van der Waals surface area contributed by atoms with E-state index in [1.807, 2.05) is 0 Å². The molecule has 0 spiro atoms. The number of ether oxygens (including phenoxy) is 3. The maximum Gasteiger partial charge on any atom is 0.276 e. The quantitative estimate of drug-likeness (QED) is 0.730. The molecule has 0 heterocycles. The molecular formula is C17H16Cl2N2O5. The Morgan fingerprint density at radius 1 is 0.923 bits per heavy atom. The average Bonchev–Trinajstić information content (AvgIpc) is 2.66. The third kappa shape index (κ3) is 5.18. The van der Waals surface area contributed by atoms with E-state index in [2.05, 4.69) is 10.9 Å². The fraction of sp³-hybridized carbons (Fsp3) is 0.176. The molecule has 0 aliphatic rings. The zero-order valence-corrected chi connectivity index (χ0v) is 15.5. The van der Waals surface area contributed by atoms with Gasteiger partial charge in [-0.25, -0.2) is 0 Å². The molecule has 2 rings (SSSR count). The highest BCUT2D eigenvalue weighted by molar-refractivity contribution is 6.34. The minimum absolute atomic E-state index is 0.264. The third-order valence-corrected chi connectivity index (χ3v) is 3.76. The van der Waals surface area contributed by atoms with Gasteiger partial charge in [-0.05, 0) is 30.3 Å². The predicted octanol–water partition coefficient (Wildman–Crippen LogP) is 2.85. The molecule has 9 heteroatoms. The van der Waals surface area contributed by atoms with E-state index in [0.717, 1.165) is 0 Å². The molecule has 2 aromatic carbocycles. The lowest BCUT2D eigenvalue weighted by atomic mass is 10.2. The van der Waals surface area contributed by atoms with Gasteiger partial charge in [0.1, 0.15) is 5.75 Å². The van der Waals surface area contributed by atoms with E-state index in [0.29, 0.717) is 21.5 Å². The third-order valence-electron chi connectivity index (χ3n) is 3.21. The molecule has 2 amide bonds. The molecule has 7 nitrogen and oxygen atoms in total. The van der Waals surface area contributed by atoms with Gasteiger partial charge in [0.05, 0.1) is 19.2 Å². The monoisotopic (exact) mass is 398 g/mol. The average molecular weight is 399 g/mol. The fourth-order valence-corrected chi connectivity index (χ4v) is 2.28.